The molecule has 2 heterocycles. The molecule has 0 amide bonds. The Kier molecular flexibility index (Phi) is 4.03. The molecule has 0 spiro atoms. The van der Waals surface area contributed by atoms with Gasteiger partial charge in [0.15, 0.2) is 11.6 Å². The molecular weight excluding hydrogens is 271 g/mol. The number of halogens is 1. The standard InChI is InChI=1S/C15H19FN4O/c1-2-7-17-15-18-9-13(16)14(19-15)20(11-5-6-11)10-12-4-3-8-21-12/h3-4,8-9,11H,2,5-7,10H2,1H3,(H,17,18,19). The quantitative estimate of drug-likeness (QED) is 0.848. The Morgan fingerprint density at radius 3 is 3.00 bits per heavy atom. The Morgan fingerprint density at radius 2 is 2.33 bits per heavy atom. The maximum atomic E-state index is 14.1. The number of anilines is 2. The van der Waals surface area contributed by atoms with Crippen molar-refractivity contribution in [2.24, 2.45) is 0 Å². The molecule has 1 saturated carbocycles. The molecule has 3 rings (SSSR count). The van der Waals surface area contributed by atoms with E-state index in [9.17, 15) is 4.39 Å². The van der Waals surface area contributed by atoms with Crippen LogP contribution in [0.1, 0.15) is 31.9 Å². The van der Waals surface area contributed by atoms with Gasteiger partial charge in [-0.05, 0) is 31.4 Å². The Bertz CT molecular complexity index is 583. The second-order valence-electron chi connectivity index (χ2n) is 5.23. The third kappa shape index (κ3) is 3.32. The van der Waals surface area contributed by atoms with Crippen LogP contribution in [0.3, 0.4) is 0 Å². The lowest BCUT2D eigenvalue weighted by molar-refractivity contribution is 0.496. The molecule has 2 aromatic heterocycles. The first-order valence-electron chi connectivity index (χ1n) is 7.33. The van der Waals surface area contributed by atoms with E-state index in [4.69, 9.17) is 4.42 Å². The monoisotopic (exact) mass is 290 g/mol. The molecule has 0 saturated heterocycles. The first kappa shape index (κ1) is 13.9. The van der Waals surface area contributed by atoms with Gasteiger partial charge in [0.25, 0.3) is 0 Å². The zero-order chi connectivity index (χ0) is 14.7. The molecule has 1 fully saturated rings. The smallest absolute Gasteiger partial charge is 0.224 e. The topological polar surface area (TPSA) is 54.2 Å². The van der Waals surface area contributed by atoms with Crippen molar-refractivity contribution in [1.82, 2.24) is 9.97 Å². The van der Waals surface area contributed by atoms with Crippen molar-refractivity contribution in [1.29, 1.82) is 0 Å². The van der Waals surface area contributed by atoms with Crippen LogP contribution in [0.5, 0.6) is 0 Å². The van der Waals surface area contributed by atoms with Gasteiger partial charge in [-0.15, -0.1) is 0 Å². The van der Waals surface area contributed by atoms with Crippen molar-refractivity contribution in [3.05, 3.63) is 36.2 Å². The number of rotatable bonds is 7. The van der Waals surface area contributed by atoms with Gasteiger partial charge in [-0.25, -0.2) is 9.37 Å². The fourth-order valence-corrected chi connectivity index (χ4v) is 2.22. The first-order valence-corrected chi connectivity index (χ1v) is 7.33. The molecule has 0 aliphatic heterocycles. The van der Waals surface area contributed by atoms with E-state index < -0.39 is 5.82 Å². The summed E-state index contributed by atoms with van der Waals surface area (Å²) in [5.41, 5.74) is 0. The fraction of sp³-hybridized carbons (Fsp3) is 0.467. The summed E-state index contributed by atoms with van der Waals surface area (Å²) in [6.07, 6.45) is 5.95. The van der Waals surface area contributed by atoms with E-state index >= 15 is 0 Å². The summed E-state index contributed by atoms with van der Waals surface area (Å²) in [6.45, 7) is 3.36. The van der Waals surface area contributed by atoms with Crippen LogP contribution in [0.2, 0.25) is 0 Å². The van der Waals surface area contributed by atoms with Crippen molar-refractivity contribution in [3.63, 3.8) is 0 Å². The van der Waals surface area contributed by atoms with Gasteiger partial charge in [0.05, 0.1) is 19.0 Å². The van der Waals surface area contributed by atoms with E-state index in [0.717, 1.165) is 31.6 Å². The number of hydrogen-bond acceptors (Lipinski definition) is 5. The highest BCUT2D eigenvalue weighted by molar-refractivity contribution is 5.46. The highest BCUT2D eigenvalue weighted by atomic mass is 19.1. The Balaban J connectivity index is 1.84. The SMILES string of the molecule is CCCNc1ncc(F)c(N(Cc2ccco2)C2CC2)n1. The molecule has 2 aromatic rings. The molecular formula is C15H19FN4O. The average molecular weight is 290 g/mol. The number of nitrogens with one attached hydrogen (secondary N) is 1. The van der Waals surface area contributed by atoms with E-state index in [1.165, 1.54) is 6.20 Å². The molecule has 6 heteroatoms. The van der Waals surface area contributed by atoms with Crippen LogP contribution < -0.4 is 10.2 Å². The van der Waals surface area contributed by atoms with Gasteiger partial charge in [0, 0.05) is 12.6 Å². The highest BCUT2D eigenvalue weighted by Crippen LogP contribution is 2.33. The van der Waals surface area contributed by atoms with Gasteiger partial charge in [0.2, 0.25) is 5.95 Å². The van der Waals surface area contributed by atoms with Gasteiger partial charge in [-0.3, -0.25) is 0 Å². The fourth-order valence-electron chi connectivity index (χ4n) is 2.22. The van der Waals surface area contributed by atoms with Crippen LogP contribution in [0.4, 0.5) is 16.2 Å². The van der Waals surface area contributed by atoms with Crippen LogP contribution in [0, 0.1) is 5.82 Å². The zero-order valence-electron chi connectivity index (χ0n) is 12.1. The van der Waals surface area contributed by atoms with E-state index in [0.29, 0.717) is 24.4 Å². The largest absolute Gasteiger partial charge is 0.467 e. The average Bonchev–Trinajstić information content (AvgIpc) is 3.21. The molecule has 1 aliphatic carbocycles. The van der Waals surface area contributed by atoms with E-state index in [-0.39, 0.29) is 0 Å². The molecule has 5 nitrogen and oxygen atoms in total. The third-order valence-electron chi connectivity index (χ3n) is 3.42. The summed E-state index contributed by atoms with van der Waals surface area (Å²) in [6, 6.07) is 4.06. The van der Waals surface area contributed by atoms with Crippen LogP contribution in [0.25, 0.3) is 0 Å². The lowest BCUT2D eigenvalue weighted by Crippen LogP contribution is -2.27. The minimum atomic E-state index is -0.393. The Hall–Kier alpha value is -2.11. The van der Waals surface area contributed by atoms with Gasteiger partial charge >= 0.3 is 0 Å². The summed E-state index contributed by atoms with van der Waals surface area (Å²) in [5, 5.41) is 3.10. The van der Waals surface area contributed by atoms with Crippen molar-refractivity contribution < 1.29 is 8.81 Å². The summed E-state index contributed by atoms with van der Waals surface area (Å²) >= 11 is 0. The molecule has 112 valence electrons. The molecule has 1 N–H and O–H groups in total. The zero-order valence-corrected chi connectivity index (χ0v) is 12.1. The van der Waals surface area contributed by atoms with Gasteiger partial charge < -0.3 is 14.6 Å². The van der Waals surface area contributed by atoms with Crippen LogP contribution >= 0.6 is 0 Å². The molecule has 21 heavy (non-hydrogen) atoms. The number of nitrogens with zero attached hydrogens (tertiary/aromatic N) is 3. The predicted octanol–water partition coefficient (Wildman–Crippen LogP) is 3.20. The molecule has 1 aliphatic rings. The summed E-state index contributed by atoms with van der Waals surface area (Å²) in [5.74, 6) is 1.24. The summed E-state index contributed by atoms with van der Waals surface area (Å²) in [7, 11) is 0. The van der Waals surface area contributed by atoms with E-state index in [1.807, 2.05) is 17.0 Å². The second-order valence-corrected chi connectivity index (χ2v) is 5.23. The number of aromatic nitrogens is 2. The van der Waals surface area contributed by atoms with Gasteiger partial charge in [-0.1, -0.05) is 6.92 Å². The first-order chi connectivity index (χ1) is 10.3. The Morgan fingerprint density at radius 1 is 1.48 bits per heavy atom. The maximum Gasteiger partial charge on any atom is 0.224 e. The lowest BCUT2D eigenvalue weighted by atomic mass is 10.3. The minimum Gasteiger partial charge on any atom is -0.467 e. The summed E-state index contributed by atoms with van der Waals surface area (Å²) in [4.78, 5) is 10.3. The van der Waals surface area contributed by atoms with Gasteiger partial charge in [0.1, 0.15) is 5.76 Å². The second kappa shape index (κ2) is 6.11. The minimum absolute atomic E-state index is 0.332. The number of hydrogen-bond donors (Lipinski definition) is 1. The van der Waals surface area contributed by atoms with E-state index in [2.05, 4.69) is 22.2 Å². The van der Waals surface area contributed by atoms with Crippen LogP contribution in [-0.4, -0.2) is 22.6 Å². The Labute approximate surface area is 123 Å². The highest BCUT2D eigenvalue weighted by Gasteiger charge is 2.32. The van der Waals surface area contributed by atoms with Crippen molar-refractivity contribution >= 4 is 11.8 Å². The van der Waals surface area contributed by atoms with Crippen molar-refractivity contribution in [3.8, 4) is 0 Å². The van der Waals surface area contributed by atoms with E-state index in [1.54, 1.807) is 6.26 Å². The maximum absolute atomic E-state index is 14.1. The molecule has 0 unspecified atom stereocenters. The lowest BCUT2D eigenvalue weighted by Gasteiger charge is -2.23. The third-order valence-corrected chi connectivity index (χ3v) is 3.42. The van der Waals surface area contributed by atoms with Crippen molar-refractivity contribution in [2.45, 2.75) is 38.8 Å². The van der Waals surface area contributed by atoms with Crippen molar-refractivity contribution in [2.75, 3.05) is 16.8 Å². The van der Waals surface area contributed by atoms with Crippen LogP contribution in [0.15, 0.2) is 29.0 Å². The van der Waals surface area contributed by atoms with Crippen LogP contribution in [-0.2, 0) is 6.54 Å². The number of furan rings is 1. The molecule has 0 aromatic carbocycles. The normalized spacial score (nSPS) is 14.2. The summed E-state index contributed by atoms with van der Waals surface area (Å²) < 4.78 is 19.5. The molecule has 0 atom stereocenters. The van der Waals surface area contributed by atoms with Gasteiger partial charge in [-0.2, -0.15) is 4.98 Å². The predicted molar refractivity (Wildman–Crippen MR) is 78.7 cm³/mol. The molecule has 0 radical (unpaired) electrons. The molecule has 0 bridgehead atoms.